The first-order valence-electron chi connectivity index (χ1n) is 10.6. The molecular formula is C26H20N2O5S2. The maximum atomic E-state index is 13.4. The van der Waals surface area contributed by atoms with Crippen LogP contribution in [0.4, 0.5) is 0 Å². The van der Waals surface area contributed by atoms with Gasteiger partial charge in [0.25, 0.3) is 11.8 Å². The van der Waals surface area contributed by atoms with Gasteiger partial charge in [0.1, 0.15) is 5.75 Å². The molecule has 176 valence electrons. The van der Waals surface area contributed by atoms with Gasteiger partial charge in [-0.1, -0.05) is 90.6 Å². The molecule has 0 atom stereocenters. The Hall–Kier alpha value is -3.95. The summed E-state index contributed by atoms with van der Waals surface area (Å²) < 4.78 is 5.49. The molecule has 0 aromatic heterocycles. The van der Waals surface area contributed by atoms with Gasteiger partial charge in [-0.25, -0.2) is 4.79 Å². The van der Waals surface area contributed by atoms with Crippen LogP contribution >= 0.6 is 24.0 Å². The standard InChI is InChI=1S/C26H20N2O5S2/c29-22(30)16-33-20-14-8-7-13-19(20)15-21-25(32)28(26(34)35-21)27-24(31)23(17-9-3-1-4-10-17)18-11-5-2-6-12-18/h1-15,23H,16H2,(H,27,31)(H,29,30)/b21-15+. The number of nitrogens with zero attached hydrogens (tertiary/aromatic N) is 1. The van der Waals surface area contributed by atoms with Crippen molar-refractivity contribution in [3.05, 3.63) is 107 Å². The summed E-state index contributed by atoms with van der Waals surface area (Å²) in [6.45, 7) is -0.512. The maximum Gasteiger partial charge on any atom is 0.341 e. The van der Waals surface area contributed by atoms with E-state index >= 15 is 0 Å². The van der Waals surface area contributed by atoms with Crippen LogP contribution in [0.5, 0.6) is 5.75 Å². The third-order valence-electron chi connectivity index (χ3n) is 5.10. The number of rotatable bonds is 8. The summed E-state index contributed by atoms with van der Waals surface area (Å²) in [4.78, 5) is 37.7. The molecular weight excluding hydrogens is 484 g/mol. The Kier molecular flexibility index (Phi) is 7.59. The number of carbonyl (C=O) groups excluding carboxylic acids is 2. The summed E-state index contributed by atoms with van der Waals surface area (Å²) in [6.07, 6.45) is 1.56. The molecule has 3 aromatic carbocycles. The Morgan fingerprint density at radius 3 is 2.14 bits per heavy atom. The Labute approximate surface area is 211 Å². The molecule has 0 radical (unpaired) electrons. The molecule has 1 aliphatic rings. The summed E-state index contributed by atoms with van der Waals surface area (Å²) in [5.41, 5.74) is 4.76. The van der Waals surface area contributed by atoms with Gasteiger partial charge in [-0.15, -0.1) is 0 Å². The van der Waals surface area contributed by atoms with E-state index in [4.69, 9.17) is 22.1 Å². The smallest absolute Gasteiger partial charge is 0.341 e. The molecule has 0 unspecified atom stereocenters. The Balaban J connectivity index is 1.57. The maximum absolute atomic E-state index is 13.4. The van der Waals surface area contributed by atoms with E-state index in [9.17, 15) is 14.4 Å². The van der Waals surface area contributed by atoms with E-state index in [1.165, 1.54) is 0 Å². The second kappa shape index (κ2) is 11.0. The largest absolute Gasteiger partial charge is 0.481 e. The van der Waals surface area contributed by atoms with Gasteiger partial charge in [-0.3, -0.25) is 15.0 Å². The highest BCUT2D eigenvalue weighted by atomic mass is 32.2. The molecule has 7 nitrogen and oxygen atoms in total. The lowest BCUT2D eigenvalue weighted by molar-refractivity contribution is -0.139. The van der Waals surface area contributed by atoms with Crippen molar-refractivity contribution in [2.45, 2.75) is 5.92 Å². The van der Waals surface area contributed by atoms with Crippen LogP contribution in [-0.4, -0.2) is 38.8 Å². The molecule has 9 heteroatoms. The molecule has 0 aliphatic carbocycles. The zero-order valence-electron chi connectivity index (χ0n) is 18.3. The highest BCUT2D eigenvalue weighted by molar-refractivity contribution is 8.26. The predicted molar refractivity (Wildman–Crippen MR) is 137 cm³/mol. The number of ether oxygens (including phenoxy) is 1. The van der Waals surface area contributed by atoms with Crippen LogP contribution in [0.1, 0.15) is 22.6 Å². The molecule has 0 saturated carbocycles. The zero-order chi connectivity index (χ0) is 24.8. The number of aliphatic carboxylic acids is 1. The number of hydrogen-bond donors (Lipinski definition) is 2. The quantitative estimate of drug-likeness (QED) is 0.350. The van der Waals surface area contributed by atoms with Crippen molar-refractivity contribution in [2.75, 3.05) is 6.61 Å². The first-order chi connectivity index (χ1) is 16.9. The molecule has 0 spiro atoms. The highest BCUT2D eigenvalue weighted by Crippen LogP contribution is 2.34. The SMILES string of the molecule is O=C(O)COc1ccccc1/C=C1/SC(=S)N(NC(=O)C(c2ccccc2)c2ccccc2)C1=O. The Morgan fingerprint density at radius 2 is 1.54 bits per heavy atom. The van der Waals surface area contributed by atoms with Gasteiger partial charge in [0.2, 0.25) is 0 Å². The minimum absolute atomic E-state index is 0.179. The van der Waals surface area contributed by atoms with E-state index in [2.05, 4.69) is 5.43 Å². The minimum Gasteiger partial charge on any atom is -0.481 e. The summed E-state index contributed by atoms with van der Waals surface area (Å²) in [6, 6.07) is 25.3. The van der Waals surface area contributed by atoms with Gasteiger partial charge < -0.3 is 9.84 Å². The number of hydrogen-bond acceptors (Lipinski definition) is 6. The van der Waals surface area contributed by atoms with Gasteiger partial charge in [0, 0.05) is 5.56 Å². The average Bonchev–Trinajstić information content (AvgIpc) is 3.12. The van der Waals surface area contributed by atoms with Crippen LogP contribution in [0, 0.1) is 0 Å². The number of benzene rings is 3. The number of nitrogens with one attached hydrogen (secondary N) is 1. The van der Waals surface area contributed by atoms with E-state index in [1.54, 1.807) is 30.3 Å². The molecule has 1 aliphatic heterocycles. The molecule has 2 N–H and O–H groups in total. The summed E-state index contributed by atoms with van der Waals surface area (Å²) in [5.74, 6) is -2.32. The third kappa shape index (κ3) is 5.76. The van der Waals surface area contributed by atoms with Crippen LogP contribution in [0.3, 0.4) is 0 Å². The van der Waals surface area contributed by atoms with Crippen molar-refractivity contribution in [3.63, 3.8) is 0 Å². The van der Waals surface area contributed by atoms with Crippen molar-refractivity contribution < 1.29 is 24.2 Å². The number of carbonyl (C=O) groups is 3. The monoisotopic (exact) mass is 504 g/mol. The normalized spacial score (nSPS) is 14.4. The molecule has 3 aromatic rings. The summed E-state index contributed by atoms with van der Waals surface area (Å²) in [5, 5.41) is 9.96. The van der Waals surface area contributed by atoms with E-state index < -0.39 is 30.3 Å². The van der Waals surface area contributed by atoms with Crippen molar-refractivity contribution in [1.29, 1.82) is 0 Å². The van der Waals surface area contributed by atoms with Crippen molar-refractivity contribution in [3.8, 4) is 5.75 Å². The number of thioether (sulfide) groups is 1. The molecule has 35 heavy (non-hydrogen) atoms. The lowest BCUT2D eigenvalue weighted by atomic mass is 9.91. The second-order valence-corrected chi connectivity index (χ2v) is 9.14. The van der Waals surface area contributed by atoms with Crippen LogP contribution in [-0.2, 0) is 14.4 Å². The minimum atomic E-state index is -1.11. The fourth-order valence-corrected chi connectivity index (χ4v) is 4.71. The van der Waals surface area contributed by atoms with Crippen LogP contribution in [0.25, 0.3) is 6.08 Å². The molecule has 1 fully saturated rings. The Bertz CT molecular complexity index is 1260. The highest BCUT2D eigenvalue weighted by Gasteiger charge is 2.35. The van der Waals surface area contributed by atoms with Gasteiger partial charge in [-0.2, -0.15) is 5.01 Å². The fraction of sp³-hybridized carbons (Fsp3) is 0.0769. The molecule has 4 rings (SSSR count). The first kappa shape index (κ1) is 24.2. The zero-order valence-corrected chi connectivity index (χ0v) is 19.9. The summed E-state index contributed by atoms with van der Waals surface area (Å²) >= 11 is 6.41. The summed E-state index contributed by atoms with van der Waals surface area (Å²) in [7, 11) is 0. The topological polar surface area (TPSA) is 95.9 Å². The number of amides is 2. The van der Waals surface area contributed by atoms with Crippen molar-refractivity contribution in [1.82, 2.24) is 10.4 Å². The number of para-hydroxylation sites is 1. The number of carboxylic acids is 1. The van der Waals surface area contributed by atoms with Gasteiger partial charge in [-0.05, 0) is 35.5 Å². The van der Waals surface area contributed by atoms with Crippen LogP contribution in [0.2, 0.25) is 0 Å². The van der Waals surface area contributed by atoms with Crippen LogP contribution in [0.15, 0.2) is 89.8 Å². The lowest BCUT2D eigenvalue weighted by Crippen LogP contribution is -2.46. The number of carboxylic acid groups (broad SMARTS) is 1. The van der Waals surface area contributed by atoms with Gasteiger partial charge >= 0.3 is 5.97 Å². The van der Waals surface area contributed by atoms with E-state index in [0.717, 1.165) is 27.9 Å². The third-order valence-corrected chi connectivity index (χ3v) is 6.40. The van der Waals surface area contributed by atoms with Crippen molar-refractivity contribution >= 4 is 52.2 Å². The second-order valence-electron chi connectivity index (χ2n) is 7.47. The molecule has 1 saturated heterocycles. The molecule has 1 heterocycles. The van der Waals surface area contributed by atoms with Gasteiger partial charge in [0.05, 0.1) is 10.8 Å². The van der Waals surface area contributed by atoms with Crippen LogP contribution < -0.4 is 10.2 Å². The number of hydrazine groups is 1. The van der Waals surface area contributed by atoms with E-state index in [1.807, 2.05) is 60.7 Å². The average molecular weight is 505 g/mol. The van der Waals surface area contributed by atoms with E-state index in [0.29, 0.717) is 11.3 Å². The van der Waals surface area contributed by atoms with E-state index in [-0.39, 0.29) is 9.23 Å². The first-order valence-corrected chi connectivity index (χ1v) is 11.8. The molecule has 2 amide bonds. The Morgan fingerprint density at radius 1 is 0.971 bits per heavy atom. The van der Waals surface area contributed by atoms with Gasteiger partial charge in [0.15, 0.2) is 10.9 Å². The predicted octanol–water partition coefficient (Wildman–Crippen LogP) is 4.21. The lowest BCUT2D eigenvalue weighted by Gasteiger charge is -2.22. The molecule has 0 bridgehead atoms. The van der Waals surface area contributed by atoms with Crippen molar-refractivity contribution in [2.24, 2.45) is 0 Å². The fourth-order valence-electron chi connectivity index (χ4n) is 3.54. The number of thiocarbonyl (C=S) groups is 1.